The number of hydrogen-bond acceptors (Lipinski definition) is 2. The highest BCUT2D eigenvalue weighted by Crippen LogP contribution is 2.19. The van der Waals surface area contributed by atoms with Gasteiger partial charge in [0.15, 0.2) is 0 Å². The van der Waals surface area contributed by atoms with Crippen molar-refractivity contribution in [3.63, 3.8) is 0 Å². The maximum atomic E-state index is 5.88. The van der Waals surface area contributed by atoms with Crippen LogP contribution in [-0.2, 0) is 11.2 Å². The largest absolute Gasteiger partial charge is 0.377 e. The number of likely N-dealkylation sites (N-methyl/N-ethyl adjacent to an activating group) is 1. The fourth-order valence-electron chi connectivity index (χ4n) is 2.58. The second kappa shape index (κ2) is 6.18. The van der Waals surface area contributed by atoms with Crippen molar-refractivity contribution in [3.05, 3.63) is 35.4 Å². The number of rotatable bonds is 4. The Labute approximate surface area is 104 Å². The molecule has 0 bridgehead atoms. The molecule has 1 aliphatic rings. The standard InChI is InChI=1S/C15H23NO/c1-12-7-3-4-8-13(12)11-14(16-2)15-9-5-6-10-17-15/h3-4,7-8,14-16H,5-6,9-11H2,1-2H3. The van der Waals surface area contributed by atoms with Crippen LogP contribution in [0.4, 0.5) is 0 Å². The van der Waals surface area contributed by atoms with E-state index in [-0.39, 0.29) is 0 Å². The first kappa shape index (κ1) is 12.6. The minimum absolute atomic E-state index is 0.383. The summed E-state index contributed by atoms with van der Waals surface area (Å²) >= 11 is 0. The average molecular weight is 233 g/mol. The van der Waals surface area contributed by atoms with Crippen LogP contribution < -0.4 is 5.32 Å². The van der Waals surface area contributed by atoms with Gasteiger partial charge < -0.3 is 10.1 Å². The lowest BCUT2D eigenvalue weighted by Crippen LogP contribution is -2.42. The van der Waals surface area contributed by atoms with E-state index in [4.69, 9.17) is 4.74 Å². The zero-order chi connectivity index (χ0) is 12.1. The highest BCUT2D eigenvalue weighted by Gasteiger charge is 2.23. The third kappa shape index (κ3) is 3.30. The number of hydrogen-bond donors (Lipinski definition) is 1. The molecule has 2 atom stereocenters. The molecule has 0 aromatic heterocycles. The van der Waals surface area contributed by atoms with Crippen molar-refractivity contribution in [3.8, 4) is 0 Å². The lowest BCUT2D eigenvalue weighted by Gasteiger charge is -2.30. The van der Waals surface area contributed by atoms with Crippen LogP contribution in [0.1, 0.15) is 30.4 Å². The molecule has 2 unspecified atom stereocenters. The minimum atomic E-state index is 0.383. The van der Waals surface area contributed by atoms with E-state index in [2.05, 4.69) is 36.5 Å². The van der Waals surface area contributed by atoms with Crippen molar-refractivity contribution < 1.29 is 4.74 Å². The number of ether oxygens (including phenoxy) is 1. The SMILES string of the molecule is CNC(Cc1ccccc1C)C1CCCCO1. The summed E-state index contributed by atoms with van der Waals surface area (Å²) in [7, 11) is 2.04. The molecular weight excluding hydrogens is 210 g/mol. The van der Waals surface area contributed by atoms with Gasteiger partial charge in [0.1, 0.15) is 0 Å². The van der Waals surface area contributed by atoms with E-state index in [1.807, 2.05) is 7.05 Å². The Morgan fingerprint density at radius 3 is 2.82 bits per heavy atom. The molecule has 0 spiro atoms. The van der Waals surface area contributed by atoms with Gasteiger partial charge in [-0.2, -0.15) is 0 Å². The van der Waals surface area contributed by atoms with Crippen molar-refractivity contribution in [2.75, 3.05) is 13.7 Å². The summed E-state index contributed by atoms with van der Waals surface area (Å²) in [6.07, 6.45) is 5.16. The highest BCUT2D eigenvalue weighted by atomic mass is 16.5. The van der Waals surface area contributed by atoms with Crippen LogP contribution >= 0.6 is 0 Å². The van der Waals surface area contributed by atoms with E-state index in [1.165, 1.54) is 30.4 Å². The molecule has 0 amide bonds. The first-order valence-electron chi connectivity index (χ1n) is 6.64. The molecule has 2 rings (SSSR count). The smallest absolute Gasteiger partial charge is 0.0731 e. The number of benzene rings is 1. The van der Waals surface area contributed by atoms with Crippen molar-refractivity contribution >= 4 is 0 Å². The van der Waals surface area contributed by atoms with Gasteiger partial charge in [-0.3, -0.25) is 0 Å². The maximum Gasteiger partial charge on any atom is 0.0731 e. The minimum Gasteiger partial charge on any atom is -0.377 e. The predicted molar refractivity (Wildman–Crippen MR) is 71.3 cm³/mol. The van der Waals surface area contributed by atoms with Gasteiger partial charge in [-0.25, -0.2) is 0 Å². The molecule has 0 radical (unpaired) electrons. The van der Waals surface area contributed by atoms with Gasteiger partial charge in [0.2, 0.25) is 0 Å². The predicted octanol–water partition coefficient (Wildman–Crippen LogP) is 2.69. The highest BCUT2D eigenvalue weighted by molar-refractivity contribution is 5.26. The van der Waals surface area contributed by atoms with E-state index >= 15 is 0 Å². The molecule has 1 heterocycles. The molecule has 1 N–H and O–H groups in total. The van der Waals surface area contributed by atoms with E-state index in [0.29, 0.717) is 12.1 Å². The summed E-state index contributed by atoms with van der Waals surface area (Å²) in [6, 6.07) is 9.07. The molecule has 1 aliphatic heterocycles. The molecule has 1 fully saturated rings. The fraction of sp³-hybridized carbons (Fsp3) is 0.600. The van der Waals surface area contributed by atoms with Gasteiger partial charge in [-0.1, -0.05) is 24.3 Å². The molecule has 17 heavy (non-hydrogen) atoms. The number of aryl methyl sites for hydroxylation is 1. The van der Waals surface area contributed by atoms with Crippen molar-refractivity contribution in [2.45, 2.75) is 44.8 Å². The van der Waals surface area contributed by atoms with Gasteiger partial charge in [-0.05, 0) is 50.8 Å². The molecule has 1 aromatic carbocycles. The summed E-state index contributed by atoms with van der Waals surface area (Å²) in [6.45, 7) is 3.11. The zero-order valence-electron chi connectivity index (χ0n) is 10.9. The molecule has 1 aromatic rings. The second-order valence-electron chi connectivity index (χ2n) is 4.93. The van der Waals surface area contributed by atoms with E-state index < -0.39 is 0 Å². The average Bonchev–Trinajstić information content (AvgIpc) is 2.39. The van der Waals surface area contributed by atoms with Crippen molar-refractivity contribution in [1.82, 2.24) is 5.32 Å². The van der Waals surface area contributed by atoms with Crippen LogP contribution in [0.5, 0.6) is 0 Å². The first-order chi connectivity index (χ1) is 8.31. The molecular formula is C15H23NO. The summed E-state index contributed by atoms with van der Waals surface area (Å²) in [5.41, 5.74) is 2.81. The second-order valence-corrected chi connectivity index (χ2v) is 4.93. The molecule has 2 nitrogen and oxygen atoms in total. The third-order valence-corrected chi connectivity index (χ3v) is 3.74. The van der Waals surface area contributed by atoms with E-state index in [1.54, 1.807) is 0 Å². The molecule has 0 aliphatic carbocycles. The quantitative estimate of drug-likeness (QED) is 0.863. The van der Waals surface area contributed by atoms with Crippen LogP contribution in [0.2, 0.25) is 0 Å². The maximum absolute atomic E-state index is 5.88. The van der Waals surface area contributed by atoms with Crippen LogP contribution in [-0.4, -0.2) is 25.8 Å². The Bertz CT molecular complexity index is 345. The number of nitrogens with one attached hydrogen (secondary N) is 1. The van der Waals surface area contributed by atoms with Gasteiger partial charge in [0, 0.05) is 12.6 Å². The summed E-state index contributed by atoms with van der Waals surface area (Å²) in [5.74, 6) is 0. The topological polar surface area (TPSA) is 21.3 Å². The Morgan fingerprint density at radius 2 is 2.18 bits per heavy atom. The normalized spacial score (nSPS) is 22.4. The summed E-state index contributed by atoms with van der Waals surface area (Å²) < 4.78 is 5.88. The fourth-order valence-corrected chi connectivity index (χ4v) is 2.58. The molecule has 0 saturated carbocycles. The summed E-state index contributed by atoms with van der Waals surface area (Å²) in [4.78, 5) is 0. The molecule has 2 heteroatoms. The van der Waals surface area contributed by atoms with Gasteiger partial charge in [-0.15, -0.1) is 0 Å². The monoisotopic (exact) mass is 233 g/mol. The van der Waals surface area contributed by atoms with Crippen LogP contribution in [0, 0.1) is 6.92 Å². The van der Waals surface area contributed by atoms with E-state index in [0.717, 1.165) is 13.0 Å². The van der Waals surface area contributed by atoms with Gasteiger partial charge in [0.25, 0.3) is 0 Å². The zero-order valence-corrected chi connectivity index (χ0v) is 10.9. The first-order valence-corrected chi connectivity index (χ1v) is 6.64. The molecule has 94 valence electrons. The Balaban J connectivity index is 2.01. The lowest BCUT2D eigenvalue weighted by molar-refractivity contribution is -0.00589. The Hall–Kier alpha value is -0.860. The Morgan fingerprint density at radius 1 is 1.35 bits per heavy atom. The summed E-state index contributed by atoms with van der Waals surface area (Å²) in [5, 5.41) is 3.42. The van der Waals surface area contributed by atoms with E-state index in [9.17, 15) is 0 Å². The molecule has 1 saturated heterocycles. The van der Waals surface area contributed by atoms with Gasteiger partial charge in [0.05, 0.1) is 6.10 Å². The van der Waals surface area contributed by atoms with Crippen LogP contribution in [0.25, 0.3) is 0 Å². The third-order valence-electron chi connectivity index (χ3n) is 3.74. The van der Waals surface area contributed by atoms with Gasteiger partial charge >= 0.3 is 0 Å². The lowest BCUT2D eigenvalue weighted by atomic mass is 9.94. The van der Waals surface area contributed by atoms with Crippen molar-refractivity contribution in [1.29, 1.82) is 0 Å². The Kier molecular flexibility index (Phi) is 4.57. The van der Waals surface area contributed by atoms with Crippen molar-refractivity contribution in [2.24, 2.45) is 0 Å². The van der Waals surface area contributed by atoms with Crippen LogP contribution in [0.3, 0.4) is 0 Å². The van der Waals surface area contributed by atoms with Crippen LogP contribution in [0.15, 0.2) is 24.3 Å².